The van der Waals surface area contributed by atoms with Gasteiger partial charge >= 0.3 is 0 Å². The van der Waals surface area contributed by atoms with Gasteiger partial charge in [0.15, 0.2) is 0 Å². The van der Waals surface area contributed by atoms with Crippen LogP contribution in [0.25, 0.3) is 0 Å². The van der Waals surface area contributed by atoms with Crippen molar-refractivity contribution in [2.45, 2.75) is 13.0 Å². The summed E-state index contributed by atoms with van der Waals surface area (Å²) in [6.07, 6.45) is 0. The third-order valence-electron chi connectivity index (χ3n) is 2.47. The molecule has 0 bridgehead atoms. The molecular formula is C12H9BrCl3NS. The summed E-state index contributed by atoms with van der Waals surface area (Å²) < 4.78 is 2.24. The van der Waals surface area contributed by atoms with Gasteiger partial charge in [-0.3, -0.25) is 0 Å². The molecule has 6 heteroatoms. The molecule has 0 aliphatic rings. The molecule has 1 unspecified atom stereocenters. The molecule has 18 heavy (non-hydrogen) atoms. The molecular weight excluding hydrogens is 376 g/mol. The zero-order valence-electron chi connectivity index (χ0n) is 9.31. The van der Waals surface area contributed by atoms with E-state index in [-0.39, 0.29) is 6.04 Å². The largest absolute Gasteiger partial charge is 0.377 e. The monoisotopic (exact) mass is 383 g/mol. The molecule has 0 spiro atoms. The van der Waals surface area contributed by atoms with Gasteiger partial charge in [-0.15, -0.1) is 11.3 Å². The van der Waals surface area contributed by atoms with Gasteiger partial charge in [-0.1, -0.05) is 40.9 Å². The zero-order valence-corrected chi connectivity index (χ0v) is 14.0. The van der Waals surface area contributed by atoms with Crippen molar-refractivity contribution in [3.8, 4) is 0 Å². The Morgan fingerprint density at radius 2 is 2.00 bits per heavy atom. The van der Waals surface area contributed by atoms with Gasteiger partial charge in [-0.05, 0) is 41.1 Å². The Morgan fingerprint density at radius 3 is 2.61 bits per heavy atom. The quantitative estimate of drug-likeness (QED) is 0.624. The molecule has 1 N–H and O–H groups in total. The fraction of sp³-hybridized carbons (Fsp3) is 0.167. The van der Waals surface area contributed by atoms with Crippen LogP contribution in [-0.4, -0.2) is 0 Å². The van der Waals surface area contributed by atoms with Crippen molar-refractivity contribution in [3.63, 3.8) is 0 Å². The van der Waals surface area contributed by atoms with E-state index < -0.39 is 0 Å². The van der Waals surface area contributed by atoms with Crippen LogP contribution in [0, 0.1) is 0 Å². The standard InChI is InChI=1S/C12H9BrCl3NS/c1-6(7-5-10(15)18-12(7)16)17-9-4-2-3-8(14)11(9)13/h2-6,17H,1H3. The molecule has 0 fully saturated rings. The lowest BCUT2D eigenvalue weighted by Gasteiger charge is -2.16. The molecule has 2 rings (SSSR count). The minimum atomic E-state index is 0.0519. The minimum Gasteiger partial charge on any atom is -0.377 e. The molecule has 1 heterocycles. The van der Waals surface area contributed by atoms with Crippen molar-refractivity contribution in [2.75, 3.05) is 5.32 Å². The summed E-state index contributed by atoms with van der Waals surface area (Å²) in [5, 5.41) is 4.02. The van der Waals surface area contributed by atoms with Crippen molar-refractivity contribution >= 4 is 67.8 Å². The number of rotatable bonds is 3. The van der Waals surface area contributed by atoms with Crippen LogP contribution in [0.5, 0.6) is 0 Å². The lowest BCUT2D eigenvalue weighted by Crippen LogP contribution is -2.06. The van der Waals surface area contributed by atoms with Crippen molar-refractivity contribution < 1.29 is 0 Å². The van der Waals surface area contributed by atoms with Crippen LogP contribution in [-0.2, 0) is 0 Å². The number of benzene rings is 1. The lowest BCUT2D eigenvalue weighted by atomic mass is 10.1. The first-order valence-electron chi connectivity index (χ1n) is 5.14. The maximum Gasteiger partial charge on any atom is 0.0996 e. The highest BCUT2D eigenvalue weighted by molar-refractivity contribution is 9.10. The highest BCUT2D eigenvalue weighted by Gasteiger charge is 2.14. The Kier molecular flexibility index (Phi) is 4.84. The van der Waals surface area contributed by atoms with E-state index >= 15 is 0 Å². The van der Waals surface area contributed by atoms with E-state index in [1.54, 1.807) is 0 Å². The Labute approximate surface area is 133 Å². The van der Waals surface area contributed by atoms with Gasteiger partial charge in [0.05, 0.1) is 29.9 Å². The van der Waals surface area contributed by atoms with Gasteiger partial charge in [0.1, 0.15) is 0 Å². The number of hydrogen-bond donors (Lipinski definition) is 1. The smallest absolute Gasteiger partial charge is 0.0996 e. The Bertz CT molecular complexity index is 570. The van der Waals surface area contributed by atoms with Crippen LogP contribution in [0.3, 0.4) is 0 Å². The molecule has 1 aromatic carbocycles. The fourth-order valence-corrected chi connectivity index (χ4v) is 3.77. The van der Waals surface area contributed by atoms with E-state index in [1.807, 2.05) is 31.2 Å². The molecule has 2 aromatic rings. The Hall–Kier alpha value is 0.0700. The lowest BCUT2D eigenvalue weighted by molar-refractivity contribution is 0.889. The number of nitrogens with one attached hydrogen (secondary N) is 1. The van der Waals surface area contributed by atoms with E-state index in [2.05, 4.69) is 21.2 Å². The number of halogens is 4. The first-order valence-corrected chi connectivity index (χ1v) is 7.88. The average Bonchev–Trinajstić information content (AvgIpc) is 2.64. The van der Waals surface area contributed by atoms with Crippen molar-refractivity contribution in [2.24, 2.45) is 0 Å². The SMILES string of the molecule is CC(Nc1cccc(Cl)c1Br)c1cc(Cl)sc1Cl. The summed E-state index contributed by atoms with van der Waals surface area (Å²) in [6, 6.07) is 7.61. The van der Waals surface area contributed by atoms with Crippen LogP contribution >= 0.6 is 62.1 Å². The van der Waals surface area contributed by atoms with Gasteiger partial charge < -0.3 is 5.32 Å². The highest BCUT2D eigenvalue weighted by Crippen LogP contribution is 2.38. The maximum absolute atomic E-state index is 6.13. The van der Waals surface area contributed by atoms with E-state index in [1.165, 1.54) is 11.3 Å². The molecule has 96 valence electrons. The summed E-state index contributed by atoms with van der Waals surface area (Å²) in [5.74, 6) is 0. The van der Waals surface area contributed by atoms with Gasteiger partial charge in [-0.2, -0.15) is 0 Å². The molecule has 0 saturated heterocycles. The summed E-state index contributed by atoms with van der Waals surface area (Å²) in [7, 11) is 0. The molecule has 0 radical (unpaired) electrons. The molecule has 1 atom stereocenters. The van der Waals surface area contributed by atoms with E-state index in [9.17, 15) is 0 Å². The fourth-order valence-electron chi connectivity index (χ4n) is 1.57. The van der Waals surface area contributed by atoms with Gasteiger partial charge in [0.25, 0.3) is 0 Å². The molecule has 1 nitrogen and oxygen atoms in total. The topological polar surface area (TPSA) is 12.0 Å². The first kappa shape index (κ1) is 14.5. The summed E-state index contributed by atoms with van der Waals surface area (Å²) in [5.41, 5.74) is 1.91. The Balaban J connectivity index is 2.24. The van der Waals surface area contributed by atoms with Crippen molar-refractivity contribution in [1.82, 2.24) is 0 Å². The summed E-state index contributed by atoms with van der Waals surface area (Å²) >= 11 is 22.9. The Morgan fingerprint density at radius 1 is 1.28 bits per heavy atom. The molecule has 0 saturated carbocycles. The van der Waals surface area contributed by atoms with Crippen LogP contribution < -0.4 is 5.32 Å². The van der Waals surface area contributed by atoms with E-state index in [0.29, 0.717) is 13.7 Å². The zero-order chi connectivity index (χ0) is 13.3. The normalized spacial score (nSPS) is 12.5. The summed E-state index contributed by atoms with van der Waals surface area (Å²) in [6.45, 7) is 2.03. The number of thiophene rings is 1. The predicted molar refractivity (Wildman–Crippen MR) is 85.5 cm³/mol. The molecule has 0 amide bonds. The van der Waals surface area contributed by atoms with Gasteiger partial charge in [0.2, 0.25) is 0 Å². The molecule has 1 aromatic heterocycles. The predicted octanol–water partition coefficient (Wildman–Crippen LogP) is 6.64. The van der Waals surface area contributed by atoms with Gasteiger partial charge in [-0.25, -0.2) is 0 Å². The molecule has 0 aliphatic heterocycles. The molecule has 0 aliphatic carbocycles. The second kappa shape index (κ2) is 6.02. The number of anilines is 1. The van der Waals surface area contributed by atoms with E-state index in [4.69, 9.17) is 34.8 Å². The van der Waals surface area contributed by atoms with Crippen LogP contribution in [0.15, 0.2) is 28.7 Å². The van der Waals surface area contributed by atoms with Crippen LogP contribution in [0.4, 0.5) is 5.69 Å². The minimum absolute atomic E-state index is 0.0519. The maximum atomic E-state index is 6.13. The highest BCUT2D eigenvalue weighted by atomic mass is 79.9. The third kappa shape index (κ3) is 3.14. The van der Waals surface area contributed by atoms with Crippen LogP contribution in [0.1, 0.15) is 18.5 Å². The summed E-state index contributed by atoms with van der Waals surface area (Å²) in [4.78, 5) is 0. The van der Waals surface area contributed by atoms with Crippen LogP contribution in [0.2, 0.25) is 13.7 Å². The van der Waals surface area contributed by atoms with E-state index in [0.717, 1.165) is 15.7 Å². The average molecular weight is 386 g/mol. The van der Waals surface area contributed by atoms with Crippen molar-refractivity contribution in [1.29, 1.82) is 0 Å². The second-order valence-electron chi connectivity index (χ2n) is 3.75. The third-order valence-corrected chi connectivity index (χ3v) is 5.39. The first-order chi connectivity index (χ1) is 8.49. The van der Waals surface area contributed by atoms with Gasteiger partial charge in [0, 0.05) is 5.56 Å². The van der Waals surface area contributed by atoms with Crippen molar-refractivity contribution in [3.05, 3.63) is 48.0 Å². The second-order valence-corrected chi connectivity index (χ2v) is 7.23. The number of hydrogen-bond acceptors (Lipinski definition) is 2.